The SMILES string of the molecule is COc1ccc(/C=C/C(=O)c2ccc(OC(=O)c3ccc([N+](=O)[O-])cc3)cc2)cc1OC. The van der Waals surface area contributed by atoms with E-state index in [9.17, 15) is 19.7 Å². The second-order valence-corrected chi connectivity index (χ2v) is 6.53. The van der Waals surface area contributed by atoms with Crippen molar-refractivity contribution in [3.05, 3.63) is 99.6 Å². The predicted molar refractivity (Wildman–Crippen MR) is 117 cm³/mol. The van der Waals surface area contributed by atoms with Crippen LogP contribution in [-0.4, -0.2) is 30.9 Å². The summed E-state index contributed by atoms with van der Waals surface area (Å²) < 4.78 is 15.7. The van der Waals surface area contributed by atoms with Gasteiger partial charge in [0.2, 0.25) is 0 Å². The predicted octanol–water partition coefficient (Wildman–Crippen LogP) is 4.73. The van der Waals surface area contributed by atoms with Crippen molar-refractivity contribution in [2.75, 3.05) is 14.2 Å². The minimum atomic E-state index is -0.660. The molecule has 0 spiro atoms. The summed E-state index contributed by atoms with van der Waals surface area (Å²) in [4.78, 5) is 34.8. The van der Waals surface area contributed by atoms with Gasteiger partial charge in [-0.1, -0.05) is 12.1 Å². The van der Waals surface area contributed by atoms with Crippen LogP contribution in [0, 0.1) is 10.1 Å². The summed E-state index contributed by atoms with van der Waals surface area (Å²) in [6.07, 6.45) is 3.09. The zero-order valence-electron chi connectivity index (χ0n) is 17.3. The maximum atomic E-state index is 12.4. The van der Waals surface area contributed by atoms with Crippen LogP contribution in [0.1, 0.15) is 26.3 Å². The van der Waals surface area contributed by atoms with Crippen LogP contribution in [0.3, 0.4) is 0 Å². The number of hydrogen-bond acceptors (Lipinski definition) is 7. The lowest BCUT2D eigenvalue weighted by atomic mass is 10.1. The second kappa shape index (κ2) is 10.0. The van der Waals surface area contributed by atoms with E-state index in [2.05, 4.69) is 0 Å². The van der Waals surface area contributed by atoms with E-state index in [4.69, 9.17) is 14.2 Å². The van der Waals surface area contributed by atoms with Gasteiger partial charge in [0.15, 0.2) is 17.3 Å². The lowest BCUT2D eigenvalue weighted by Crippen LogP contribution is -2.08. The Kier molecular flexibility index (Phi) is 6.97. The summed E-state index contributed by atoms with van der Waals surface area (Å²) in [5, 5.41) is 10.7. The number of allylic oxidation sites excluding steroid dienone is 1. The number of methoxy groups -OCH3 is 2. The average Bonchev–Trinajstić information content (AvgIpc) is 2.82. The van der Waals surface area contributed by atoms with Crippen LogP contribution in [0.15, 0.2) is 72.8 Å². The molecule has 0 amide bonds. The van der Waals surface area contributed by atoms with E-state index in [0.717, 1.165) is 5.56 Å². The molecule has 0 aromatic heterocycles. The molecule has 0 saturated heterocycles. The number of nitro groups is 1. The zero-order chi connectivity index (χ0) is 23.1. The van der Waals surface area contributed by atoms with E-state index < -0.39 is 10.9 Å². The molecule has 0 radical (unpaired) electrons. The summed E-state index contributed by atoms with van der Waals surface area (Å²) >= 11 is 0. The molecule has 0 aliphatic carbocycles. The Morgan fingerprint density at radius 3 is 2.06 bits per heavy atom. The number of carbonyl (C=O) groups is 2. The van der Waals surface area contributed by atoms with Crippen molar-refractivity contribution in [1.29, 1.82) is 0 Å². The number of nitrogens with zero attached hydrogens (tertiary/aromatic N) is 1. The molecule has 0 atom stereocenters. The van der Waals surface area contributed by atoms with Gasteiger partial charge in [0.05, 0.1) is 24.7 Å². The summed E-state index contributed by atoms with van der Waals surface area (Å²) in [6, 6.07) is 16.5. The first-order valence-corrected chi connectivity index (χ1v) is 9.42. The van der Waals surface area contributed by atoms with Crippen molar-refractivity contribution in [2.45, 2.75) is 0 Å². The summed E-state index contributed by atoms with van der Waals surface area (Å²) in [7, 11) is 3.08. The second-order valence-electron chi connectivity index (χ2n) is 6.53. The van der Waals surface area contributed by atoms with E-state index in [0.29, 0.717) is 17.1 Å². The summed E-state index contributed by atoms with van der Waals surface area (Å²) in [5.41, 5.74) is 1.24. The fraction of sp³-hybridized carbons (Fsp3) is 0.0833. The van der Waals surface area contributed by atoms with Gasteiger partial charge in [-0.25, -0.2) is 4.79 Å². The van der Waals surface area contributed by atoms with Gasteiger partial charge in [0.1, 0.15) is 5.75 Å². The lowest BCUT2D eigenvalue weighted by Gasteiger charge is -2.07. The molecule has 162 valence electrons. The third kappa shape index (κ3) is 5.37. The first-order chi connectivity index (χ1) is 15.4. The van der Waals surface area contributed by atoms with Gasteiger partial charge in [-0.2, -0.15) is 0 Å². The van der Waals surface area contributed by atoms with Crippen LogP contribution in [-0.2, 0) is 0 Å². The van der Waals surface area contributed by atoms with Crippen molar-refractivity contribution in [3.8, 4) is 17.2 Å². The monoisotopic (exact) mass is 433 g/mol. The topological polar surface area (TPSA) is 105 Å². The van der Waals surface area contributed by atoms with Gasteiger partial charge in [-0.3, -0.25) is 14.9 Å². The van der Waals surface area contributed by atoms with Gasteiger partial charge in [0.25, 0.3) is 5.69 Å². The van der Waals surface area contributed by atoms with Crippen molar-refractivity contribution >= 4 is 23.5 Å². The number of nitro benzene ring substituents is 1. The molecule has 3 rings (SSSR count). The van der Waals surface area contributed by atoms with E-state index in [1.165, 1.54) is 49.6 Å². The molecule has 8 nitrogen and oxygen atoms in total. The van der Waals surface area contributed by atoms with Crippen LogP contribution < -0.4 is 14.2 Å². The zero-order valence-corrected chi connectivity index (χ0v) is 17.3. The van der Waals surface area contributed by atoms with E-state index in [1.807, 2.05) is 0 Å². The third-order valence-corrected chi connectivity index (χ3v) is 4.50. The number of rotatable bonds is 8. The van der Waals surface area contributed by atoms with Crippen molar-refractivity contribution in [1.82, 2.24) is 0 Å². The molecule has 8 heteroatoms. The molecule has 0 bridgehead atoms. The van der Waals surface area contributed by atoms with E-state index in [1.54, 1.807) is 43.5 Å². The first kappa shape index (κ1) is 22.2. The molecule has 32 heavy (non-hydrogen) atoms. The summed E-state index contributed by atoms with van der Waals surface area (Å²) in [5.74, 6) is 0.505. The molecule has 0 unspecified atom stereocenters. The van der Waals surface area contributed by atoms with Gasteiger partial charge in [-0.05, 0) is 60.2 Å². The minimum Gasteiger partial charge on any atom is -0.493 e. The number of carbonyl (C=O) groups excluding carboxylic acids is 2. The van der Waals surface area contributed by atoms with Crippen LogP contribution >= 0.6 is 0 Å². The smallest absolute Gasteiger partial charge is 0.343 e. The van der Waals surface area contributed by atoms with Gasteiger partial charge >= 0.3 is 5.97 Å². The Labute approximate surface area is 183 Å². The number of ether oxygens (including phenoxy) is 3. The molecular formula is C24H19NO7. The largest absolute Gasteiger partial charge is 0.493 e. The van der Waals surface area contributed by atoms with Gasteiger partial charge in [0, 0.05) is 17.7 Å². The fourth-order valence-corrected chi connectivity index (χ4v) is 2.80. The molecule has 0 saturated carbocycles. The highest BCUT2D eigenvalue weighted by Gasteiger charge is 2.12. The van der Waals surface area contributed by atoms with Crippen molar-refractivity contribution in [3.63, 3.8) is 0 Å². The average molecular weight is 433 g/mol. The highest BCUT2D eigenvalue weighted by Crippen LogP contribution is 2.28. The molecule has 0 aliphatic heterocycles. The number of hydrogen-bond donors (Lipinski definition) is 0. The van der Waals surface area contributed by atoms with Crippen molar-refractivity contribution < 1.29 is 28.7 Å². The van der Waals surface area contributed by atoms with Gasteiger partial charge in [-0.15, -0.1) is 0 Å². The highest BCUT2D eigenvalue weighted by atomic mass is 16.6. The number of ketones is 1. The highest BCUT2D eigenvalue weighted by molar-refractivity contribution is 6.07. The maximum Gasteiger partial charge on any atom is 0.343 e. The molecule has 3 aromatic carbocycles. The minimum absolute atomic E-state index is 0.120. The number of esters is 1. The number of benzene rings is 3. The molecule has 3 aromatic rings. The lowest BCUT2D eigenvalue weighted by molar-refractivity contribution is -0.384. The molecular weight excluding hydrogens is 414 g/mol. The van der Waals surface area contributed by atoms with Crippen molar-refractivity contribution in [2.24, 2.45) is 0 Å². The molecule has 0 N–H and O–H groups in total. The van der Waals surface area contributed by atoms with Crippen LogP contribution in [0.5, 0.6) is 17.2 Å². The van der Waals surface area contributed by atoms with E-state index in [-0.39, 0.29) is 22.8 Å². The third-order valence-electron chi connectivity index (χ3n) is 4.50. The van der Waals surface area contributed by atoms with Crippen LogP contribution in [0.4, 0.5) is 5.69 Å². The molecule has 0 fully saturated rings. The van der Waals surface area contributed by atoms with Gasteiger partial charge < -0.3 is 14.2 Å². The number of non-ortho nitro benzene ring substituents is 1. The Hall–Kier alpha value is -4.46. The summed E-state index contributed by atoms with van der Waals surface area (Å²) in [6.45, 7) is 0. The fourth-order valence-electron chi connectivity index (χ4n) is 2.80. The Balaban J connectivity index is 1.64. The first-order valence-electron chi connectivity index (χ1n) is 9.42. The Morgan fingerprint density at radius 1 is 0.844 bits per heavy atom. The Bertz CT molecular complexity index is 1170. The van der Waals surface area contributed by atoms with Crippen LogP contribution in [0.25, 0.3) is 6.08 Å². The maximum absolute atomic E-state index is 12.4. The normalized spacial score (nSPS) is 10.6. The standard InChI is InChI=1S/C24H19NO7/c1-30-22-14-4-16(15-23(22)31-2)3-13-21(26)17-7-11-20(12-8-17)32-24(27)18-5-9-19(10-6-18)25(28)29/h3-15H,1-2H3/b13-3+. The Morgan fingerprint density at radius 2 is 1.47 bits per heavy atom. The molecule has 0 aliphatic rings. The quantitative estimate of drug-likeness (QED) is 0.126. The van der Waals surface area contributed by atoms with Crippen LogP contribution in [0.2, 0.25) is 0 Å². The van der Waals surface area contributed by atoms with E-state index >= 15 is 0 Å². The molecule has 0 heterocycles.